The lowest BCUT2D eigenvalue weighted by atomic mass is 10.1. The number of amides is 1. The first kappa shape index (κ1) is 14.2. The summed E-state index contributed by atoms with van der Waals surface area (Å²) in [4.78, 5) is 17.3. The summed E-state index contributed by atoms with van der Waals surface area (Å²) >= 11 is 1.47. The van der Waals surface area contributed by atoms with Crippen LogP contribution in [0.1, 0.15) is 45.2 Å². The molecule has 0 unspecified atom stereocenters. The summed E-state index contributed by atoms with van der Waals surface area (Å²) in [6.07, 6.45) is 4.42. The first-order valence-electron chi connectivity index (χ1n) is 7.28. The van der Waals surface area contributed by atoms with Crippen LogP contribution in [0.5, 0.6) is 0 Å². The molecule has 1 aliphatic rings. The molecule has 0 spiro atoms. The molecule has 0 bridgehead atoms. The number of carbonyl (C=O) groups excluding carboxylic acids is 1. The van der Waals surface area contributed by atoms with Gasteiger partial charge in [-0.3, -0.25) is 4.79 Å². The maximum atomic E-state index is 12.3. The van der Waals surface area contributed by atoms with Gasteiger partial charge in [-0.2, -0.15) is 0 Å². The Kier molecular flexibility index (Phi) is 4.03. The zero-order valence-corrected chi connectivity index (χ0v) is 12.8. The lowest BCUT2D eigenvalue weighted by Gasteiger charge is -2.17. The number of thiazole rings is 1. The molecule has 1 amide bonds. The van der Waals surface area contributed by atoms with Gasteiger partial charge in [0.05, 0.1) is 23.3 Å². The molecule has 110 valence electrons. The molecule has 2 aromatic rings. The van der Waals surface area contributed by atoms with Crippen molar-refractivity contribution in [2.45, 2.75) is 38.3 Å². The molecule has 0 saturated heterocycles. The van der Waals surface area contributed by atoms with Crippen LogP contribution in [0.2, 0.25) is 0 Å². The summed E-state index contributed by atoms with van der Waals surface area (Å²) < 4.78 is 0. The van der Waals surface area contributed by atoms with Gasteiger partial charge in [0.1, 0.15) is 4.88 Å². The van der Waals surface area contributed by atoms with Crippen molar-refractivity contribution in [2.75, 3.05) is 0 Å². The second-order valence-electron chi connectivity index (χ2n) is 5.38. The molecule has 1 aliphatic carbocycles. The average Bonchev–Trinajstić information content (AvgIpc) is 3.06. The van der Waals surface area contributed by atoms with Gasteiger partial charge >= 0.3 is 0 Å². The fraction of sp³-hybridized carbons (Fsp3) is 0.375. The molecule has 0 saturated carbocycles. The number of aromatic nitrogens is 1. The number of aryl methyl sites for hydroxylation is 1. The van der Waals surface area contributed by atoms with Gasteiger partial charge in [-0.1, -0.05) is 31.2 Å². The SMILES string of the molecule is CCCc1ncc(C(=O)N[C@@H]2Cc3ccccc3[C@H]2N)s1. The number of nitrogens with one attached hydrogen (secondary N) is 1. The Bertz CT molecular complexity index is 652. The van der Waals surface area contributed by atoms with Gasteiger partial charge < -0.3 is 11.1 Å². The zero-order chi connectivity index (χ0) is 14.8. The Hall–Kier alpha value is -1.72. The van der Waals surface area contributed by atoms with Crippen LogP contribution in [0, 0.1) is 0 Å². The molecule has 3 N–H and O–H groups in total. The number of hydrogen-bond acceptors (Lipinski definition) is 4. The first-order chi connectivity index (χ1) is 10.2. The summed E-state index contributed by atoms with van der Waals surface area (Å²) in [5, 5.41) is 4.07. The number of rotatable bonds is 4. The number of fused-ring (bicyclic) bond motifs is 1. The lowest BCUT2D eigenvalue weighted by molar-refractivity contribution is 0.0937. The molecule has 21 heavy (non-hydrogen) atoms. The normalized spacial score (nSPS) is 20.3. The van der Waals surface area contributed by atoms with Crippen LogP contribution in [-0.2, 0) is 12.8 Å². The van der Waals surface area contributed by atoms with Crippen LogP contribution >= 0.6 is 11.3 Å². The lowest BCUT2D eigenvalue weighted by Crippen LogP contribution is -2.40. The van der Waals surface area contributed by atoms with Gasteiger partial charge in [-0.15, -0.1) is 11.3 Å². The van der Waals surface area contributed by atoms with Gasteiger partial charge in [-0.05, 0) is 30.4 Å². The van der Waals surface area contributed by atoms with Crippen LogP contribution in [0.15, 0.2) is 30.5 Å². The maximum absolute atomic E-state index is 12.3. The second-order valence-corrected chi connectivity index (χ2v) is 6.49. The highest BCUT2D eigenvalue weighted by Crippen LogP contribution is 2.29. The van der Waals surface area contributed by atoms with E-state index >= 15 is 0 Å². The summed E-state index contributed by atoms with van der Waals surface area (Å²) in [6.45, 7) is 2.11. The molecule has 1 aromatic heterocycles. The van der Waals surface area contributed by atoms with Crippen molar-refractivity contribution < 1.29 is 4.79 Å². The number of carbonyl (C=O) groups is 1. The molecular weight excluding hydrogens is 282 g/mol. The van der Waals surface area contributed by atoms with Crippen LogP contribution in [0.25, 0.3) is 0 Å². The third-order valence-electron chi connectivity index (χ3n) is 3.85. The van der Waals surface area contributed by atoms with E-state index in [0.717, 1.165) is 29.8 Å². The molecule has 0 aliphatic heterocycles. The smallest absolute Gasteiger partial charge is 0.263 e. The van der Waals surface area contributed by atoms with E-state index in [1.54, 1.807) is 6.20 Å². The zero-order valence-electron chi connectivity index (χ0n) is 12.0. The summed E-state index contributed by atoms with van der Waals surface area (Å²) in [6, 6.07) is 7.95. The van der Waals surface area contributed by atoms with E-state index in [2.05, 4.69) is 23.3 Å². The molecule has 1 aromatic carbocycles. The number of nitrogens with two attached hydrogens (primary N) is 1. The van der Waals surface area contributed by atoms with Gasteiger partial charge in [0, 0.05) is 0 Å². The minimum absolute atomic E-state index is 0.0355. The molecule has 0 fully saturated rings. The minimum Gasteiger partial charge on any atom is -0.346 e. The Morgan fingerprint density at radius 1 is 1.48 bits per heavy atom. The number of nitrogens with zero attached hydrogens (tertiary/aromatic N) is 1. The van der Waals surface area contributed by atoms with Crippen molar-refractivity contribution in [3.05, 3.63) is 51.5 Å². The van der Waals surface area contributed by atoms with Gasteiger partial charge in [-0.25, -0.2) is 4.98 Å². The minimum atomic E-state index is -0.131. The second kappa shape index (κ2) is 5.95. The predicted octanol–water partition coefficient (Wildman–Crippen LogP) is 2.45. The van der Waals surface area contributed by atoms with Crippen LogP contribution < -0.4 is 11.1 Å². The standard InChI is InChI=1S/C16H19N3OS/c1-2-5-14-18-9-13(21-14)16(20)19-12-8-10-6-3-4-7-11(10)15(12)17/h3-4,6-7,9,12,15H,2,5,8,17H2,1H3,(H,19,20)/t12-,15-/m1/s1. The fourth-order valence-electron chi connectivity index (χ4n) is 2.75. The number of hydrogen-bond donors (Lipinski definition) is 2. The Morgan fingerprint density at radius 3 is 3.05 bits per heavy atom. The monoisotopic (exact) mass is 301 g/mol. The highest BCUT2D eigenvalue weighted by molar-refractivity contribution is 7.13. The van der Waals surface area contributed by atoms with E-state index in [9.17, 15) is 4.79 Å². The summed E-state index contributed by atoms with van der Waals surface area (Å²) in [7, 11) is 0. The van der Waals surface area contributed by atoms with Gasteiger partial charge in [0.2, 0.25) is 0 Å². The molecule has 5 heteroatoms. The molecule has 4 nitrogen and oxygen atoms in total. The van der Waals surface area contributed by atoms with Crippen molar-refractivity contribution >= 4 is 17.2 Å². The van der Waals surface area contributed by atoms with E-state index in [4.69, 9.17) is 5.73 Å². The van der Waals surface area contributed by atoms with Crippen molar-refractivity contribution in [1.29, 1.82) is 0 Å². The topological polar surface area (TPSA) is 68.0 Å². The van der Waals surface area contributed by atoms with Crippen molar-refractivity contribution in [3.8, 4) is 0 Å². The quantitative estimate of drug-likeness (QED) is 0.911. The molecule has 3 rings (SSSR count). The molecule has 0 radical (unpaired) electrons. The summed E-state index contributed by atoms with van der Waals surface area (Å²) in [5.41, 5.74) is 8.61. The largest absolute Gasteiger partial charge is 0.346 e. The van der Waals surface area contributed by atoms with Crippen molar-refractivity contribution in [1.82, 2.24) is 10.3 Å². The van der Waals surface area contributed by atoms with E-state index in [1.807, 2.05) is 18.2 Å². The maximum Gasteiger partial charge on any atom is 0.263 e. The van der Waals surface area contributed by atoms with E-state index in [-0.39, 0.29) is 18.0 Å². The molecule has 1 heterocycles. The summed E-state index contributed by atoms with van der Waals surface area (Å²) in [5.74, 6) is -0.0666. The van der Waals surface area contributed by atoms with Crippen molar-refractivity contribution in [2.24, 2.45) is 5.73 Å². The van der Waals surface area contributed by atoms with Gasteiger partial charge in [0.25, 0.3) is 5.91 Å². The highest BCUT2D eigenvalue weighted by Gasteiger charge is 2.30. The van der Waals surface area contributed by atoms with Gasteiger partial charge in [0.15, 0.2) is 0 Å². The Labute approximate surface area is 128 Å². The highest BCUT2D eigenvalue weighted by atomic mass is 32.1. The first-order valence-corrected chi connectivity index (χ1v) is 8.09. The fourth-order valence-corrected chi connectivity index (χ4v) is 3.67. The molecule has 2 atom stereocenters. The van der Waals surface area contributed by atoms with E-state index < -0.39 is 0 Å². The van der Waals surface area contributed by atoms with E-state index in [0.29, 0.717) is 4.88 Å². The number of benzene rings is 1. The Balaban J connectivity index is 1.68. The Morgan fingerprint density at radius 2 is 2.29 bits per heavy atom. The van der Waals surface area contributed by atoms with Crippen LogP contribution in [0.4, 0.5) is 0 Å². The third kappa shape index (κ3) is 2.84. The van der Waals surface area contributed by atoms with E-state index in [1.165, 1.54) is 16.9 Å². The predicted molar refractivity (Wildman–Crippen MR) is 84.4 cm³/mol. The molecular formula is C16H19N3OS. The third-order valence-corrected chi connectivity index (χ3v) is 4.90. The average molecular weight is 301 g/mol. The van der Waals surface area contributed by atoms with Crippen LogP contribution in [0.3, 0.4) is 0 Å². The van der Waals surface area contributed by atoms with Crippen molar-refractivity contribution in [3.63, 3.8) is 0 Å². The van der Waals surface area contributed by atoms with Crippen LogP contribution in [-0.4, -0.2) is 16.9 Å².